The molecule has 0 unspecified atom stereocenters. The molecule has 33 heavy (non-hydrogen) atoms. The zero-order valence-electron chi connectivity index (χ0n) is 18.5. The first-order chi connectivity index (χ1) is 15.6. The molecular weight excluding hydrogens is 425 g/mol. The van der Waals surface area contributed by atoms with E-state index in [-0.39, 0.29) is 24.2 Å². The van der Waals surface area contributed by atoms with Gasteiger partial charge in [-0.05, 0) is 67.4 Å². The molecule has 6 rings (SSSR count). The van der Waals surface area contributed by atoms with Crippen LogP contribution in [0.4, 0.5) is 4.39 Å². The van der Waals surface area contributed by atoms with E-state index in [9.17, 15) is 24.2 Å². The van der Waals surface area contributed by atoms with Gasteiger partial charge in [0.1, 0.15) is 16.8 Å². The van der Waals surface area contributed by atoms with Crippen LogP contribution in [0, 0.1) is 34.4 Å². The second-order valence-electron chi connectivity index (χ2n) is 10.9. The Kier molecular flexibility index (Phi) is 4.04. The lowest BCUT2D eigenvalue weighted by Crippen LogP contribution is -2.52. The molecule has 1 heterocycles. The van der Waals surface area contributed by atoms with Gasteiger partial charge in [-0.25, -0.2) is 4.39 Å². The molecule has 6 nitrogen and oxygen atoms in total. The summed E-state index contributed by atoms with van der Waals surface area (Å²) >= 11 is 0. The molecule has 1 aromatic rings. The Labute approximate surface area is 191 Å². The van der Waals surface area contributed by atoms with Crippen LogP contribution in [0.15, 0.2) is 48.6 Å². The fourth-order valence-corrected chi connectivity index (χ4v) is 8.06. The Morgan fingerprint density at radius 1 is 1.33 bits per heavy atom. The molecule has 174 valence electrons. The van der Waals surface area contributed by atoms with Crippen LogP contribution in [0.5, 0.6) is 0 Å². The number of halogens is 1. The van der Waals surface area contributed by atoms with E-state index < -0.39 is 45.9 Å². The third kappa shape index (κ3) is 2.39. The van der Waals surface area contributed by atoms with Gasteiger partial charge < -0.3 is 20.3 Å². The lowest BCUT2D eigenvalue weighted by Gasteiger charge is -2.44. The summed E-state index contributed by atoms with van der Waals surface area (Å²) in [4.78, 5) is 27.0. The van der Waals surface area contributed by atoms with Crippen molar-refractivity contribution < 1.29 is 28.9 Å². The summed E-state index contributed by atoms with van der Waals surface area (Å²) < 4.78 is 19.4. The topological polar surface area (TPSA) is 95.9 Å². The largest absolute Gasteiger partial charge is 0.454 e. The van der Waals surface area contributed by atoms with E-state index in [2.05, 4.69) is 11.9 Å². The number of ether oxygens (including phenoxy) is 1. The van der Waals surface area contributed by atoms with Gasteiger partial charge in [-0.1, -0.05) is 24.8 Å². The predicted molar refractivity (Wildman–Crippen MR) is 116 cm³/mol. The van der Waals surface area contributed by atoms with E-state index in [1.807, 2.05) is 0 Å². The summed E-state index contributed by atoms with van der Waals surface area (Å²) in [7, 11) is 0. The summed E-state index contributed by atoms with van der Waals surface area (Å²) in [6.07, 6.45) is 4.39. The molecule has 1 aliphatic heterocycles. The van der Waals surface area contributed by atoms with Crippen molar-refractivity contribution in [3.8, 4) is 0 Å². The van der Waals surface area contributed by atoms with Gasteiger partial charge in [0.25, 0.3) is 0 Å². The van der Waals surface area contributed by atoms with E-state index in [0.717, 1.165) is 11.1 Å². The molecule has 1 saturated heterocycles. The number of carbonyl (C=O) groups excluding carboxylic acids is 2. The fourth-order valence-electron chi connectivity index (χ4n) is 8.06. The quantitative estimate of drug-likeness (QED) is 0.483. The van der Waals surface area contributed by atoms with Crippen molar-refractivity contribution in [1.29, 1.82) is 0 Å². The molecule has 4 aliphatic carbocycles. The van der Waals surface area contributed by atoms with E-state index in [4.69, 9.17) is 4.74 Å². The summed E-state index contributed by atoms with van der Waals surface area (Å²) in [5.74, 6) is -2.41. The number of benzene rings is 1. The number of aliphatic hydroxyl groups is 2. The van der Waals surface area contributed by atoms with Gasteiger partial charge >= 0.3 is 5.97 Å². The maximum atomic E-state index is 13.9. The number of fused-ring (bicyclic) bond motifs is 1. The number of carbonyl (C=O) groups is 2. The third-order valence-corrected chi connectivity index (χ3v) is 9.52. The van der Waals surface area contributed by atoms with Gasteiger partial charge in [0, 0.05) is 18.4 Å². The highest BCUT2D eigenvalue weighted by molar-refractivity contribution is 5.88. The lowest BCUT2D eigenvalue weighted by atomic mass is 9.60. The van der Waals surface area contributed by atoms with Crippen LogP contribution < -0.4 is 5.32 Å². The number of aliphatic hydroxyl groups excluding tert-OH is 1. The first-order valence-electron chi connectivity index (χ1n) is 11.6. The highest BCUT2D eigenvalue weighted by Crippen LogP contribution is 2.77. The van der Waals surface area contributed by atoms with Gasteiger partial charge in [-0.15, -0.1) is 0 Å². The van der Waals surface area contributed by atoms with Crippen molar-refractivity contribution in [3.05, 3.63) is 60.0 Å². The van der Waals surface area contributed by atoms with Crippen LogP contribution in [0.2, 0.25) is 0 Å². The van der Waals surface area contributed by atoms with E-state index >= 15 is 0 Å². The van der Waals surface area contributed by atoms with Crippen LogP contribution in [0.25, 0.3) is 0 Å². The normalized spacial score (nSPS) is 46.7. The van der Waals surface area contributed by atoms with Crippen molar-refractivity contribution in [1.82, 2.24) is 5.32 Å². The van der Waals surface area contributed by atoms with Crippen LogP contribution in [-0.2, 0) is 20.9 Å². The minimum Gasteiger partial charge on any atom is -0.454 e. The average molecular weight is 454 g/mol. The number of esters is 1. The Hall–Kier alpha value is -2.51. The monoisotopic (exact) mass is 453 g/mol. The van der Waals surface area contributed by atoms with E-state index in [1.165, 1.54) is 12.1 Å². The minimum atomic E-state index is -1.25. The van der Waals surface area contributed by atoms with Gasteiger partial charge in [0.2, 0.25) is 5.91 Å². The molecule has 1 spiro atoms. The molecule has 1 amide bonds. The molecule has 8 atom stereocenters. The van der Waals surface area contributed by atoms with Gasteiger partial charge in [-0.2, -0.15) is 0 Å². The molecule has 3 N–H and O–H groups in total. The van der Waals surface area contributed by atoms with Gasteiger partial charge in [0.05, 0.1) is 17.6 Å². The number of nitrogens with one attached hydrogen (secondary N) is 1. The second kappa shape index (κ2) is 6.33. The first kappa shape index (κ1) is 21.1. The predicted octanol–water partition coefficient (Wildman–Crippen LogP) is 2.40. The minimum absolute atomic E-state index is 0.148. The highest BCUT2D eigenvalue weighted by Gasteiger charge is 2.83. The van der Waals surface area contributed by atoms with Crippen molar-refractivity contribution in [2.24, 2.45) is 28.6 Å². The smallest absolute Gasteiger partial charge is 0.316 e. The molecule has 5 aliphatic rings. The molecule has 1 aromatic carbocycles. The van der Waals surface area contributed by atoms with Crippen molar-refractivity contribution in [3.63, 3.8) is 0 Å². The summed E-state index contributed by atoms with van der Waals surface area (Å²) in [5.41, 5.74) is -2.38. The lowest BCUT2D eigenvalue weighted by molar-refractivity contribution is -0.160. The zero-order valence-corrected chi connectivity index (χ0v) is 18.5. The Balaban J connectivity index is 1.44. The van der Waals surface area contributed by atoms with Crippen molar-refractivity contribution >= 4 is 11.9 Å². The number of rotatable bonds is 3. The molecule has 0 aromatic heterocycles. The maximum absolute atomic E-state index is 13.9. The summed E-state index contributed by atoms with van der Waals surface area (Å²) in [6, 6.07) is 5.93. The fraction of sp³-hybridized carbons (Fsp3) is 0.538. The molecule has 7 heteroatoms. The SMILES string of the molecule is C=C1C[C@]23C[C@@]1(O)CC[C@H]2[C@@]12C=C[C@H](O)[C@](C)(C(=O)O1)[C@H]2[C@@H]3C(=O)NCc1ccc(F)cc1. The van der Waals surface area contributed by atoms with Crippen molar-refractivity contribution in [2.45, 2.75) is 56.5 Å². The van der Waals surface area contributed by atoms with Crippen LogP contribution in [0.3, 0.4) is 0 Å². The van der Waals surface area contributed by atoms with Gasteiger partial charge in [0.15, 0.2) is 0 Å². The Morgan fingerprint density at radius 3 is 2.79 bits per heavy atom. The molecule has 4 bridgehead atoms. The molecule has 3 saturated carbocycles. The number of amides is 1. The molecule has 0 radical (unpaired) electrons. The standard InChI is InChI=1S/C26H28FNO5/c1-14-11-24-13-25(14,32)9-7-17(24)26-10-8-18(29)23(2,22(31)33-26)20(26)19(24)21(30)28-12-15-3-5-16(27)6-4-15/h3-6,8,10,17-20,29,32H,1,7,9,11-13H2,2H3,(H,28,30)/t17-,18+,19-,20-,23+,24+,25+,26-/m1/s1. The summed E-state index contributed by atoms with van der Waals surface area (Å²) in [6.45, 7) is 6.06. The summed E-state index contributed by atoms with van der Waals surface area (Å²) in [5, 5.41) is 25.2. The zero-order chi connectivity index (χ0) is 23.4. The van der Waals surface area contributed by atoms with E-state index in [0.29, 0.717) is 25.7 Å². The second-order valence-corrected chi connectivity index (χ2v) is 10.9. The van der Waals surface area contributed by atoms with E-state index in [1.54, 1.807) is 31.2 Å². The van der Waals surface area contributed by atoms with Crippen LogP contribution in [-0.4, -0.2) is 39.4 Å². The average Bonchev–Trinajstić information content (AvgIpc) is 3.20. The van der Waals surface area contributed by atoms with Crippen molar-refractivity contribution in [2.75, 3.05) is 0 Å². The van der Waals surface area contributed by atoms with Crippen LogP contribution >= 0.6 is 0 Å². The molecule has 4 fully saturated rings. The maximum Gasteiger partial charge on any atom is 0.316 e. The highest BCUT2D eigenvalue weighted by atomic mass is 19.1. The number of hydrogen-bond donors (Lipinski definition) is 3. The van der Waals surface area contributed by atoms with Crippen LogP contribution in [0.1, 0.15) is 38.2 Å². The van der Waals surface area contributed by atoms with Gasteiger partial charge in [-0.3, -0.25) is 9.59 Å². The third-order valence-electron chi connectivity index (χ3n) is 9.52. The first-order valence-corrected chi connectivity index (χ1v) is 11.6. The Bertz CT molecular complexity index is 1120. The number of hydrogen-bond acceptors (Lipinski definition) is 5. The molecular formula is C26H28FNO5. The Morgan fingerprint density at radius 2 is 2.06 bits per heavy atom.